The van der Waals surface area contributed by atoms with E-state index in [1.165, 1.54) is 59.5 Å². The Balaban J connectivity index is 0.000000740. The van der Waals surface area contributed by atoms with E-state index in [-0.39, 0.29) is 18.0 Å². The highest BCUT2D eigenvalue weighted by molar-refractivity contribution is 5.83. The summed E-state index contributed by atoms with van der Waals surface area (Å²) in [6.45, 7) is 13.6. The molecule has 0 aromatic carbocycles. The largest absolute Gasteiger partial charge is 0.468 e. The van der Waals surface area contributed by atoms with Crippen LogP contribution in [0.3, 0.4) is 0 Å². The van der Waals surface area contributed by atoms with Crippen LogP contribution >= 0.6 is 0 Å². The van der Waals surface area contributed by atoms with Crippen LogP contribution in [-0.4, -0.2) is 87.5 Å². The number of likely N-dealkylation sites (tertiary alicyclic amines) is 1. The summed E-state index contributed by atoms with van der Waals surface area (Å²) in [5.74, 6) is -0.0971. The van der Waals surface area contributed by atoms with Gasteiger partial charge in [0.2, 0.25) is 6.08 Å². The van der Waals surface area contributed by atoms with Gasteiger partial charge in [0.1, 0.15) is 12.1 Å². The first-order chi connectivity index (χ1) is 21.1. The Morgan fingerprint density at radius 2 is 1.24 bits per heavy atom. The van der Waals surface area contributed by atoms with Crippen LogP contribution in [0.15, 0.2) is 4.99 Å². The molecule has 2 fully saturated rings. The van der Waals surface area contributed by atoms with Crippen molar-refractivity contribution >= 4 is 30.0 Å². The highest BCUT2D eigenvalue weighted by Crippen LogP contribution is 2.44. The SMILES string of the molecule is COC(=O)C(CC(C)C)N=C=O.COC(=O)C(CC(C)C)NC(=O)N1CCC2(CCCCC2)CC1.COC(=O)C(N)CC(C)C. The van der Waals surface area contributed by atoms with Crippen LogP contribution in [0.1, 0.15) is 106 Å². The fourth-order valence-electron chi connectivity index (χ4n) is 5.66. The van der Waals surface area contributed by atoms with Gasteiger partial charge < -0.3 is 30.2 Å². The van der Waals surface area contributed by atoms with E-state index in [1.807, 2.05) is 46.4 Å². The Hall–Kier alpha value is -2.98. The molecule has 3 N–H and O–H groups in total. The van der Waals surface area contributed by atoms with Crippen molar-refractivity contribution in [3.8, 4) is 0 Å². The number of isocyanates is 1. The number of nitrogens with one attached hydrogen (secondary N) is 1. The third-order valence-corrected chi connectivity index (χ3v) is 8.12. The van der Waals surface area contributed by atoms with Crippen molar-refractivity contribution in [3.63, 3.8) is 0 Å². The number of aliphatic imine (C=N–C) groups is 1. The molecule has 0 aromatic heterocycles. The van der Waals surface area contributed by atoms with E-state index in [2.05, 4.69) is 19.8 Å². The molecule has 0 aromatic rings. The quantitative estimate of drug-likeness (QED) is 0.140. The first-order valence-electron chi connectivity index (χ1n) is 16.3. The van der Waals surface area contributed by atoms with Gasteiger partial charge in [0.25, 0.3) is 0 Å². The van der Waals surface area contributed by atoms with Gasteiger partial charge in [0, 0.05) is 13.1 Å². The molecule has 0 bridgehead atoms. The summed E-state index contributed by atoms with van der Waals surface area (Å²) < 4.78 is 13.7. The summed E-state index contributed by atoms with van der Waals surface area (Å²) in [4.78, 5) is 61.1. The van der Waals surface area contributed by atoms with Gasteiger partial charge in [-0.05, 0) is 68.1 Å². The summed E-state index contributed by atoms with van der Waals surface area (Å²) in [6.07, 6.45) is 12.1. The Kier molecular flexibility index (Phi) is 21.0. The van der Waals surface area contributed by atoms with Crippen LogP contribution in [0.4, 0.5) is 4.79 Å². The van der Waals surface area contributed by atoms with Gasteiger partial charge in [-0.2, -0.15) is 4.99 Å². The second kappa shape index (κ2) is 22.5. The maximum absolute atomic E-state index is 12.5. The third kappa shape index (κ3) is 17.3. The minimum atomic E-state index is -0.688. The van der Waals surface area contributed by atoms with Crippen molar-refractivity contribution in [3.05, 3.63) is 0 Å². The van der Waals surface area contributed by atoms with Gasteiger partial charge in [0.15, 0.2) is 6.04 Å². The molecule has 12 heteroatoms. The number of ether oxygens (including phenoxy) is 3. The zero-order valence-corrected chi connectivity index (χ0v) is 29.2. The maximum atomic E-state index is 12.5. The highest BCUT2D eigenvalue weighted by atomic mass is 16.5. The average Bonchev–Trinajstić information content (AvgIpc) is 2.99. The number of urea groups is 1. The molecule has 1 aliphatic carbocycles. The van der Waals surface area contributed by atoms with E-state index >= 15 is 0 Å². The van der Waals surface area contributed by atoms with Crippen LogP contribution in [-0.2, 0) is 33.4 Å². The highest BCUT2D eigenvalue weighted by Gasteiger charge is 2.37. The minimum absolute atomic E-state index is 0.119. The third-order valence-electron chi connectivity index (χ3n) is 8.12. The molecule has 1 spiro atoms. The van der Waals surface area contributed by atoms with Crippen molar-refractivity contribution < 1.29 is 38.2 Å². The topological polar surface area (TPSA) is 167 Å². The summed E-state index contributed by atoms with van der Waals surface area (Å²) in [5.41, 5.74) is 5.93. The van der Waals surface area contributed by atoms with Crippen LogP contribution in [0.5, 0.6) is 0 Å². The number of hydrogen-bond donors (Lipinski definition) is 2. The van der Waals surface area contributed by atoms with Crippen LogP contribution in [0, 0.1) is 23.2 Å². The summed E-state index contributed by atoms with van der Waals surface area (Å²) in [7, 11) is 3.99. The first-order valence-corrected chi connectivity index (χ1v) is 16.3. The Bertz CT molecular complexity index is 933. The van der Waals surface area contributed by atoms with E-state index in [9.17, 15) is 24.0 Å². The van der Waals surface area contributed by atoms with Gasteiger partial charge >= 0.3 is 23.9 Å². The molecule has 12 nitrogen and oxygen atoms in total. The molecule has 45 heavy (non-hydrogen) atoms. The molecule has 1 heterocycles. The van der Waals surface area contributed by atoms with Crippen molar-refractivity contribution in [1.29, 1.82) is 0 Å². The summed E-state index contributed by atoms with van der Waals surface area (Å²) in [6, 6.07) is -1.80. The lowest BCUT2D eigenvalue weighted by Gasteiger charge is -2.44. The number of esters is 3. The second-order valence-electron chi connectivity index (χ2n) is 13.4. The molecule has 1 saturated carbocycles. The molecule has 2 rings (SSSR count). The molecule has 2 amide bonds. The summed E-state index contributed by atoms with van der Waals surface area (Å²) >= 11 is 0. The van der Waals surface area contributed by atoms with Gasteiger partial charge in [-0.1, -0.05) is 60.8 Å². The molecule has 2 aliphatic rings. The Morgan fingerprint density at radius 3 is 1.67 bits per heavy atom. The molecule has 1 aliphatic heterocycles. The Labute approximate surface area is 270 Å². The Morgan fingerprint density at radius 1 is 0.756 bits per heavy atom. The number of piperidine rings is 1. The van der Waals surface area contributed by atoms with Gasteiger partial charge in [-0.3, -0.25) is 4.79 Å². The van der Waals surface area contributed by atoms with Crippen molar-refractivity contribution in [2.24, 2.45) is 33.9 Å². The molecule has 1 saturated heterocycles. The fraction of sp³-hybridized carbons (Fsp3) is 0.848. The molecule has 3 atom stereocenters. The number of nitrogens with two attached hydrogens (primary N) is 1. The molecule has 3 unspecified atom stereocenters. The second-order valence-corrected chi connectivity index (χ2v) is 13.4. The number of amides is 2. The van der Waals surface area contributed by atoms with E-state index in [1.54, 1.807) is 0 Å². The smallest absolute Gasteiger partial charge is 0.331 e. The lowest BCUT2D eigenvalue weighted by atomic mass is 9.68. The number of hydrogen-bond acceptors (Lipinski definition) is 10. The standard InChI is InChI=1S/C18H32N2O3.C8H13NO3.C7H15NO2/c1-14(2)13-15(16(21)23-3)19-17(22)20-11-9-18(10-12-20)7-5-4-6-8-18;1-6(2)4-7(9-5-10)8(11)12-3;1-5(2)4-6(8)7(9)10-3/h14-15H,4-13H2,1-3H3,(H,19,22);6-7H,4H2,1-3H3;5-6H,4,8H2,1-3H3. The van der Waals surface area contributed by atoms with Gasteiger partial charge in [-0.15, -0.1) is 0 Å². The molecule has 0 radical (unpaired) electrons. The lowest BCUT2D eigenvalue weighted by molar-refractivity contribution is -0.143. The van der Waals surface area contributed by atoms with Gasteiger partial charge in [0.05, 0.1) is 21.3 Å². The van der Waals surface area contributed by atoms with E-state index in [0.717, 1.165) is 25.9 Å². The lowest BCUT2D eigenvalue weighted by Crippen LogP contribution is -2.52. The summed E-state index contributed by atoms with van der Waals surface area (Å²) in [5, 5.41) is 2.87. The predicted molar refractivity (Wildman–Crippen MR) is 173 cm³/mol. The van der Waals surface area contributed by atoms with Crippen LogP contribution < -0.4 is 11.1 Å². The van der Waals surface area contributed by atoms with Gasteiger partial charge in [-0.25, -0.2) is 19.2 Å². The zero-order chi connectivity index (χ0) is 34.6. The fourth-order valence-corrected chi connectivity index (χ4v) is 5.66. The first kappa shape index (κ1) is 42.0. The molecular weight excluding hydrogens is 580 g/mol. The van der Waals surface area contributed by atoms with E-state index in [0.29, 0.717) is 42.4 Å². The monoisotopic (exact) mass is 640 g/mol. The van der Waals surface area contributed by atoms with E-state index < -0.39 is 24.1 Å². The molecular formula is C33H60N4O8. The molecule has 260 valence electrons. The normalized spacial score (nSPS) is 17.4. The maximum Gasteiger partial charge on any atom is 0.331 e. The van der Waals surface area contributed by atoms with E-state index in [4.69, 9.17) is 10.5 Å². The number of methoxy groups -OCH3 is 3. The minimum Gasteiger partial charge on any atom is -0.468 e. The number of rotatable bonds is 11. The average molecular weight is 641 g/mol. The zero-order valence-electron chi connectivity index (χ0n) is 29.2. The van der Waals surface area contributed by atoms with Crippen LogP contribution in [0.25, 0.3) is 0 Å². The number of carbonyl (C=O) groups is 4. The van der Waals surface area contributed by atoms with Crippen molar-refractivity contribution in [1.82, 2.24) is 10.2 Å². The number of carbonyl (C=O) groups excluding carboxylic acids is 5. The van der Waals surface area contributed by atoms with Crippen molar-refractivity contribution in [2.45, 2.75) is 124 Å². The number of nitrogens with zero attached hydrogens (tertiary/aromatic N) is 2. The van der Waals surface area contributed by atoms with Crippen LogP contribution in [0.2, 0.25) is 0 Å². The van der Waals surface area contributed by atoms with Crippen molar-refractivity contribution in [2.75, 3.05) is 34.4 Å². The predicted octanol–water partition coefficient (Wildman–Crippen LogP) is 4.77.